The van der Waals surface area contributed by atoms with E-state index in [4.69, 9.17) is 4.74 Å². The maximum absolute atomic E-state index is 12.9. The van der Waals surface area contributed by atoms with Gasteiger partial charge in [-0.05, 0) is 43.4 Å². The number of pyridine rings is 1. The van der Waals surface area contributed by atoms with Crippen LogP contribution in [0.3, 0.4) is 0 Å². The average Bonchev–Trinajstić information content (AvgIpc) is 3.06. The van der Waals surface area contributed by atoms with Crippen LogP contribution >= 0.6 is 0 Å². The van der Waals surface area contributed by atoms with Crippen molar-refractivity contribution in [3.8, 4) is 0 Å². The van der Waals surface area contributed by atoms with Gasteiger partial charge in [0, 0.05) is 29.6 Å². The molecule has 2 aromatic rings. The number of H-pyrrole nitrogens is 1. The first kappa shape index (κ1) is 18.6. The molecule has 0 aliphatic carbocycles. The zero-order valence-corrected chi connectivity index (χ0v) is 16.1. The van der Waals surface area contributed by atoms with Crippen LogP contribution < -0.4 is 5.56 Å². The van der Waals surface area contributed by atoms with Crippen molar-refractivity contribution in [3.63, 3.8) is 0 Å². The molecule has 0 bridgehead atoms. The molecular weight excluding hydrogens is 328 g/mol. The number of aromatic amines is 1. The number of aryl methyl sites for hydroxylation is 1. The number of carbonyl (C=O) groups excluding carboxylic acids is 1. The molecule has 5 nitrogen and oxygen atoms in total. The van der Waals surface area contributed by atoms with E-state index in [0.717, 1.165) is 35.9 Å². The molecule has 1 fully saturated rings. The van der Waals surface area contributed by atoms with Crippen molar-refractivity contribution in [2.75, 3.05) is 13.2 Å². The number of nitrogens with zero attached hydrogens (tertiary/aromatic N) is 1. The molecule has 0 radical (unpaired) electrons. The van der Waals surface area contributed by atoms with Gasteiger partial charge in [-0.3, -0.25) is 9.59 Å². The summed E-state index contributed by atoms with van der Waals surface area (Å²) in [7, 11) is 0. The van der Waals surface area contributed by atoms with Gasteiger partial charge in [-0.25, -0.2) is 0 Å². The van der Waals surface area contributed by atoms with Crippen molar-refractivity contribution in [2.45, 2.75) is 53.2 Å². The number of aromatic nitrogens is 1. The fraction of sp³-hybridized carbons (Fsp3) is 0.524. The fourth-order valence-corrected chi connectivity index (χ4v) is 3.42. The lowest BCUT2D eigenvalue weighted by Gasteiger charge is -2.31. The number of ether oxygens (including phenoxy) is 1. The summed E-state index contributed by atoms with van der Waals surface area (Å²) in [5, 5.41) is 0.986. The summed E-state index contributed by atoms with van der Waals surface area (Å²) in [6, 6.07) is 7.84. The molecule has 140 valence electrons. The normalized spacial score (nSPS) is 17.6. The Morgan fingerprint density at radius 1 is 1.31 bits per heavy atom. The van der Waals surface area contributed by atoms with Crippen molar-refractivity contribution < 1.29 is 9.53 Å². The smallest absolute Gasteiger partial charge is 0.253 e. The van der Waals surface area contributed by atoms with Crippen LogP contribution in [0.1, 0.15) is 44.7 Å². The fourth-order valence-electron chi connectivity index (χ4n) is 3.42. The molecule has 1 aliphatic rings. The van der Waals surface area contributed by atoms with Gasteiger partial charge < -0.3 is 14.6 Å². The minimum atomic E-state index is -0.501. The van der Waals surface area contributed by atoms with Gasteiger partial charge in [-0.1, -0.05) is 32.4 Å². The van der Waals surface area contributed by atoms with Gasteiger partial charge in [-0.15, -0.1) is 0 Å². The molecule has 1 atom stereocenters. The third-order valence-corrected chi connectivity index (χ3v) is 4.81. The molecule has 1 aromatic carbocycles. The summed E-state index contributed by atoms with van der Waals surface area (Å²) in [5.41, 5.74) is 1.92. The second-order valence-corrected chi connectivity index (χ2v) is 8.29. The topological polar surface area (TPSA) is 62.4 Å². The van der Waals surface area contributed by atoms with Gasteiger partial charge in [0.25, 0.3) is 5.56 Å². The SMILES string of the molecule is Cc1ccc2[nH]c(=O)c(CN(C[C@H]3CCCO3)C(=O)C(C)(C)C)cc2c1. The Hall–Kier alpha value is -2.14. The summed E-state index contributed by atoms with van der Waals surface area (Å²) in [6.07, 6.45) is 2.04. The van der Waals surface area contributed by atoms with E-state index in [2.05, 4.69) is 4.98 Å². The van der Waals surface area contributed by atoms with Gasteiger partial charge in [0.15, 0.2) is 0 Å². The van der Waals surface area contributed by atoms with E-state index in [1.54, 1.807) is 4.90 Å². The highest BCUT2D eigenvalue weighted by molar-refractivity contribution is 5.82. The molecule has 0 spiro atoms. The van der Waals surface area contributed by atoms with Crippen molar-refractivity contribution in [1.29, 1.82) is 0 Å². The summed E-state index contributed by atoms with van der Waals surface area (Å²) >= 11 is 0. The second-order valence-electron chi connectivity index (χ2n) is 8.29. The van der Waals surface area contributed by atoms with Crippen LogP contribution in [0.15, 0.2) is 29.1 Å². The Balaban J connectivity index is 1.92. The molecule has 1 amide bonds. The molecule has 1 saturated heterocycles. The van der Waals surface area contributed by atoms with Crippen LogP contribution in [-0.4, -0.2) is 35.0 Å². The van der Waals surface area contributed by atoms with E-state index in [0.29, 0.717) is 18.7 Å². The number of fused-ring (bicyclic) bond motifs is 1. The molecule has 26 heavy (non-hydrogen) atoms. The number of nitrogens with one attached hydrogen (secondary N) is 1. The van der Waals surface area contributed by atoms with Gasteiger partial charge in [-0.2, -0.15) is 0 Å². The Labute approximate surface area is 154 Å². The van der Waals surface area contributed by atoms with Gasteiger partial charge >= 0.3 is 0 Å². The molecule has 1 aromatic heterocycles. The van der Waals surface area contributed by atoms with E-state index < -0.39 is 5.41 Å². The molecule has 1 N–H and O–H groups in total. The van der Waals surface area contributed by atoms with Crippen LogP contribution in [0.4, 0.5) is 0 Å². The van der Waals surface area contributed by atoms with Crippen LogP contribution in [0.25, 0.3) is 10.9 Å². The van der Waals surface area contributed by atoms with Crippen LogP contribution in [-0.2, 0) is 16.1 Å². The van der Waals surface area contributed by atoms with Crippen molar-refractivity contribution >= 4 is 16.8 Å². The van der Waals surface area contributed by atoms with E-state index >= 15 is 0 Å². The van der Waals surface area contributed by atoms with Crippen LogP contribution in [0, 0.1) is 12.3 Å². The highest BCUT2D eigenvalue weighted by atomic mass is 16.5. The zero-order chi connectivity index (χ0) is 18.9. The Morgan fingerprint density at radius 3 is 2.73 bits per heavy atom. The molecule has 5 heteroatoms. The van der Waals surface area contributed by atoms with Crippen LogP contribution in [0.5, 0.6) is 0 Å². The van der Waals surface area contributed by atoms with Crippen molar-refractivity contribution in [1.82, 2.24) is 9.88 Å². The average molecular weight is 356 g/mol. The quantitative estimate of drug-likeness (QED) is 0.913. The number of hydrogen-bond donors (Lipinski definition) is 1. The van der Waals surface area contributed by atoms with Crippen molar-refractivity contribution in [3.05, 3.63) is 45.7 Å². The lowest BCUT2D eigenvalue weighted by Crippen LogP contribution is -2.43. The van der Waals surface area contributed by atoms with E-state index in [1.165, 1.54) is 0 Å². The number of rotatable bonds is 4. The molecule has 3 rings (SSSR count). The summed E-state index contributed by atoms with van der Waals surface area (Å²) < 4.78 is 5.72. The van der Waals surface area contributed by atoms with Crippen LogP contribution in [0.2, 0.25) is 0 Å². The van der Waals surface area contributed by atoms with E-state index in [-0.39, 0.29) is 17.6 Å². The van der Waals surface area contributed by atoms with Crippen molar-refractivity contribution in [2.24, 2.45) is 5.41 Å². The Bertz CT molecular complexity index is 858. The second kappa shape index (κ2) is 7.23. The first-order chi connectivity index (χ1) is 12.2. The number of carbonyl (C=O) groups is 1. The number of benzene rings is 1. The predicted octanol–water partition coefficient (Wildman–Crippen LogP) is 3.39. The molecule has 2 heterocycles. The lowest BCUT2D eigenvalue weighted by molar-refractivity contribution is -0.141. The molecule has 0 unspecified atom stereocenters. The summed E-state index contributed by atoms with van der Waals surface area (Å²) in [4.78, 5) is 30.2. The Morgan fingerprint density at radius 2 is 2.08 bits per heavy atom. The highest BCUT2D eigenvalue weighted by Crippen LogP contribution is 2.22. The zero-order valence-electron chi connectivity index (χ0n) is 16.1. The first-order valence-corrected chi connectivity index (χ1v) is 9.27. The summed E-state index contributed by atoms with van der Waals surface area (Å²) in [6.45, 7) is 9.33. The van der Waals surface area contributed by atoms with E-state index in [9.17, 15) is 9.59 Å². The minimum absolute atomic E-state index is 0.0386. The third-order valence-electron chi connectivity index (χ3n) is 4.81. The molecular formula is C21H28N2O3. The third kappa shape index (κ3) is 4.15. The van der Waals surface area contributed by atoms with Gasteiger partial charge in [0.05, 0.1) is 12.6 Å². The van der Waals surface area contributed by atoms with Gasteiger partial charge in [0.1, 0.15) is 0 Å². The largest absolute Gasteiger partial charge is 0.376 e. The first-order valence-electron chi connectivity index (χ1n) is 9.27. The van der Waals surface area contributed by atoms with Gasteiger partial charge in [0.2, 0.25) is 5.91 Å². The monoisotopic (exact) mass is 356 g/mol. The summed E-state index contributed by atoms with van der Waals surface area (Å²) in [5.74, 6) is 0.0386. The lowest BCUT2D eigenvalue weighted by atomic mass is 9.94. The Kier molecular flexibility index (Phi) is 5.19. The number of amides is 1. The van der Waals surface area contributed by atoms with E-state index in [1.807, 2.05) is 52.0 Å². The standard InChI is InChI=1S/C21H28N2O3/c1-14-7-8-18-15(10-14)11-16(19(24)22-18)12-23(20(25)21(2,3)4)13-17-6-5-9-26-17/h7-8,10-11,17H,5-6,9,12-13H2,1-4H3,(H,22,24)/t17-/m1/s1. The molecule has 0 saturated carbocycles. The predicted molar refractivity (Wildman–Crippen MR) is 103 cm³/mol. The highest BCUT2D eigenvalue weighted by Gasteiger charge is 2.30. The maximum atomic E-state index is 12.9. The number of hydrogen-bond acceptors (Lipinski definition) is 3. The minimum Gasteiger partial charge on any atom is -0.376 e. The molecule has 1 aliphatic heterocycles. The maximum Gasteiger partial charge on any atom is 0.253 e.